The first-order valence-electron chi connectivity index (χ1n) is 7.92. The average Bonchev–Trinajstić information content (AvgIpc) is 3.16. The number of hydrogen-bond donors (Lipinski definition) is 1. The fourth-order valence-corrected chi connectivity index (χ4v) is 5.17. The molecule has 7 nitrogen and oxygen atoms in total. The van der Waals surface area contributed by atoms with Crippen LogP contribution in [0.5, 0.6) is 0 Å². The zero-order valence-corrected chi connectivity index (χ0v) is 17.2. The highest BCUT2D eigenvalue weighted by atomic mass is 32.2. The predicted molar refractivity (Wildman–Crippen MR) is 113 cm³/mol. The van der Waals surface area contributed by atoms with Crippen molar-refractivity contribution in [2.45, 2.75) is 15.8 Å². The van der Waals surface area contributed by atoms with Gasteiger partial charge >= 0.3 is 0 Å². The van der Waals surface area contributed by atoms with Crippen molar-refractivity contribution in [2.24, 2.45) is 12.2 Å². The van der Waals surface area contributed by atoms with Crippen LogP contribution in [-0.2, 0) is 23.3 Å². The van der Waals surface area contributed by atoms with Gasteiger partial charge in [-0.1, -0.05) is 23.9 Å². The van der Waals surface area contributed by atoms with Gasteiger partial charge in [0.1, 0.15) is 5.52 Å². The fourth-order valence-electron chi connectivity index (χ4n) is 2.97. The second kappa shape index (κ2) is 6.48. The van der Waals surface area contributed by atoms with Gasteiger partial charge in [0.05, 0.1) is 27.1 Å². The molecule has 27 heavy (non-hydrogen) atoms. The Morgan fingerprint density at radius 3 is 2.67 bits per heavy atom. The number of aryl methyl sites for hydroxylation is 1. The largest absolute Gasteiger partial charge is 0.323 e. The number of aromatic nitrogens is 4. The SMILES string of the molecule is C=S(N)(=O)c1ccc(Cn2ncc3c4sc(SC)nc4n(C)c3c2=O)cc1. The zero-order chi connectivity index (χ0) is 19.3. The van der Waals surface area contributed by atoms with Crippen molar-refractivity contribution in [2.75, 3.05) is 6.26 Å². The van der Waals surface area contributed by atoms with Crippen molar-refractivity contribution in [3.8, 4) is 0 Å². The summed E-state index contributed by atoms with van der Waals surface area (Å²) in [5.74, 6) is 3.47. The van der Waals surface area contributed by atoms with Crippen molar-refractivity contribution in [3.63, 3.8) is 0 Å². The van der Waals surface area contributed by atoms with Crippen LogP contribution in [0.15, 0.2) is 44.5 Å². The van der Waals surface area contributed by atoms with E-state index >= 15 is 0 Å². The summed E-state index contributed by atoms with van der Waals surface area (Å²) in [6, 6.07) is 6.89. The summed E-state index contributed by atoms with van der Waals surface area (Å²) in [5.41, 5.74) is 2.07. The van der Waals surface area contributed by atoms with Crippen LogP contribution in [-0.4, -0.2) is 35.7 Å². The summed E-state index contributed by atoms with van der Waals surface area (Å²) < 4.78 is 17.0. The van der Waals surface area contributed by atoms with Crippen LogP contribution in [0, 0.1) is 0 Å². The Labute approximate surface area is 164 Å². The molecule has 10 heteroatoms. The van der Waals surface area contributed by atoms with E-state index in [-0.39, 0.29) is 5.56 Å². The monoisotopic (exact) mass is 419 g/mol. The Morgan fingerprint density at radius 2 is 2.04 bits per heavy atom. The minimum atomic E-state index is -2.74. The quantitative estimate of drug-likeness (QED) is 0.403. The third-order valence-electron chi connectivity index (χ3n) is 4.34. The lowest BCUT2D eigenvalue weighted by Crippen LogP contribution is -2.24. The smallest absolute Gasteiger partial charge is 0.291 e. The van der Waals surface area contributed by atoms with Crippen LogP contribution in [0.25, 0.3) is 21.3 Å². The van der Waals surface area contributed by atoms with E-state index in [0.717, 1.165) is 25.6 Å². The number of thiazole rings is 1. The Bertz CT molecular complexity index is 1330. The lowest BCUT2D eigenvalue weighted by molar-refractivity contribution is 0.643. The molecule has 3 aromatic heterocycles. The molecule has 0 saturated heterocycles. The Kier molecular flexibility index (Phi) is 4.38. The molecule has 4 aromatic rings. The molecular formula is C17H17N5O2S3. The molecule has 0 bridgehead atoms. The molecule has 0 aliphatic heterocycles. The van der Waals surface area contributed by atoms with Crippen LogP contribution >= 0.6 is 23.1 Å². The maximum atomic E-state index is 13.0. The topological polar surface area (TPSA) is 95.8 Å². The van der Waals surface area contributed by atoms with E-state index in [2.05, 4.69) is 16.0 Å². The molecule has 0 radical (unpaired) electrons. The van der Waals surface area contributed by atoms with Crippen LogP contribution in [0.3, 0.4) is 0 Å². The Balaban J connectivity index is 1.78. The standard InChI is InChI=1S/C17H17N5O2S3/c1-21-13-12(14-15(21)20-17(25-2)26-14)8-19-22(16(13)23)9-10-4-6-11(7-5-10)27(3,18)24/h4-8H,3,9H2,1-2H3,(H2,18,24). The van der Waals surface area contributed by atoms with Gasteiger partial charge in [0.2, 0.25) is 0 Å². The van der Waals surface area contributed by atoms with E-state index in [4.69, 9.17) is 5.14 Å². The molecule has 1 unspecified atom stereocenters. The first kappa shape index (κ1) is 18.2. The summed E-state index contributed by atoms with van der Waals surface area (Å²) in [6.07, 6.45) is 3.70. The zero-order valence-electron chi connectivity index (χ0n) is 14.7. The van der Waals surface area contributed by atoms with Gasteiger partial charge in [-0.2, -0.15) is 5.10 Å². The van der Waals surface area contributed by atoms with Crippen LogP contribution in [0.2, 0.25) is 0 Å². The summed E-state index contributed by atoms with van der Waals surface area (Å²) in [7, 11) is -0.896. The Morgan fingerprint density at radius 1 is 1.33 bits per heavy atom. The summed E-state index contributed by atoms with van der Waals surface area (Å²) in [4.78, 5) is 18.0. The highest BCUT2D eigenvalue weighted by Crippen LogP contribution is 2.34. The van der Waals surface area contributed by atoms with Crippen molar-refractivity contribution in [1.82, 2.24) is 19.3 Å². The van der Waals surface area contributed by atoms with Gasteiger partial charge < -0.3 is 4.57 Å². The molecular weight excluding hydrogens is 402 g/mol. The molecule has 0 aliphatic rings. The number of nitrogens with zero attached hydrogens (tertiary/aromatic N) is 4. The molecule has 3 heterocycles. The maximum absolute atomic E-state index is 13.0. The molecule has 1 aromatic carbocycles. The van der Waals surface area contributed by atoms with Crippen molar-refractivity contribution in [1.29, 1.82) is 0 Å². The highest BCUT2D eigenvalue weighted by Gasteiger charge is 2.18. The van der Waals surface area contributed by atoms with E-state index in [1.807, 2.05) is 17.9 Å². The second-order valence-corrected chi connectivity index (χ2v) is 10.1. The second-order valence-electron chi connectivity index (χ2n) is 6.14. The number of nitrogens with two attached hydrogens (primary N) is 1. The van der Waals surface area contributed by atoms with E-state index in [1.54, 1.807) is 53.6 Å². The number of thioether (sulfide) groups is 1. The van der Waals surface area contributed by atoms with E-state index in [1.165, 1.54) is 4.68 Å². The molecule has 0 amide bonds. The summed E-state index contributed by atoms with van der Waals surface area (Å²) >= 11 is 3.15. The third-order valence-corrected chi connectivity index (χ3v) is 7.47. The van der Waals surface area contributed by atoms with E-state index in [0.29, 0.717) is 17.0 Å². The molecule has 4 rings (SSSR count). The van der Waals surface area contributed by atoms with Crippen LogP contribution in [0.1, 0.15) is 5.56 Å². The van der Waals surface area contributed by atoms with Crippen molar-refractivity contribution < 1.29 is 4.21 Å². The van der Waals surface area contributed by atoms with Gasteiger partial charge in [0.25, 0.3) is 5.56 Å². The van der Waals surface area contributed by atoms with Gasteiger partial charge in [-0.15, -0.1) is 11.3 Å². The van der Waals surface area contributed by atoms with E-state index in [9.17, 15) is 9.00 Å². The predicted octanol–water partition coefficient (Wildman–Crippen LogP) is 2.06. The van der Waals surface area contributed by atoms with Crippen molar-refractivity contribution >= 4 is 59.9 Å². The molecule has 2 N–H and O–H groups in total. The first-order valence-corrected chi connectivity index (χ1v) is 11.8. The van der Waals surface area contributed by atoms with Crippen molar-refractivity contribution in [3.05, 3.63) is 46.4 Å². The molecule has 140 valence electrons. The molecule has 1 atom stereocenters. The highest BCUT2D eigenvalue weighted by molar-refractivity contribution is 8.00. The molecule has 0 aliphatic carbocycles. The summed E-state index contributed by atoms with van der Waals surface area (Å²) in [6.45, 7) is 0.306. The maximum Gasteiger partial charge on any atom is 0.291 e. The number of rotatable bonds is 4. The van der Waals surface area contributed by atoms with Crippen LogP contribution < -0.4 is 10.7 Å². The van der Waals surface area contributed by atoms with Gasteiger partial charge in [-0.3, -0.25) is 9.93 Å². The average molecular weight is 420 g/mol. The lowest BCUT2D eigenvalue weighted by Gasteiger charge is -2.07. The Hall–Kier alpha value is -2.14. The van der Waals surface area contributed by atoms with Gasteiger partial charge in [-0.25, -0.2) is 13.9 Å². The number of hydrogen-bond acceptors (Lipinski definition) is 6. The number of fused-ring (bicyclic) bond motifs is 3. The summed E-state index contributed by atoms with van der Waals surface area (Å²) in [5, 5.41) is 10.7. The minimum Gasteiger partial charge on any atom is -0.323 e. The number of benzene rings is 1. The van der Waals surface area contributed by atoms with E-state index < -0.39 is 9.71 Å². The molecule has 0 fully saturated rings. The molecule has 0 saturated carbocycles. The normalized spacial score (nSPS) is 14.0. The minimum absolute atomic E-state index is 0.172. The van der Waals surface area contributed by atoms with Crippen LogP contribution in [0.4, 0.5) is 0 Å². The van der Waals surface area contributed by atoms with Gasteiger partial charge in [0.15, 0.2) is 9.99 Å². The first-order chi connectivity index (χ1) is 12.8. The fraction of sp³-hybridized carbons (Fsp3) is 0.176. The molecule has 0 spiro atoms. The lowest BCUT2D eigenvalue weighted by atomic mass is 10.2. The van der Waals surface area contributed by atoms with Gasteiger partial charge in [0, 0.05) is 17.3 Å². The van der Waals surface area contributed by atoms with Gasteiger partial charge in [-0.05, 0) is 29.8 Å². The third kappa shape index (κ3) is 3.08.